The first-order valence-corrected chi connectivity index (χ1v) is 5.04. The van der Waals surface area contributed by atoms with E-state index in [1.807, 2.05) is 0 Å². The highest BCUT2D eigenvalue weighted by Gasteiger charge is 2.07. The van der Waals surface area contributed by atoms with Crippen LogP contribution in [0, 0.1) is 12.7 Å². The van der Waals surface area contributed by atoms with Crippen molar-refractivity contribution in [3.8, 4) is 11.3 Å². The summed E-state index contributed by atoms with van der Waals surface area (Å²) in [6.45, 7) is 1.78. The van der Waals surface area contributed by atoms with Crippen LogP contribution in [-0.4, -0.2) is 16.1 Å². The summed E-state index contributed by atoms with van der Waals surface area (Å²) >= 11 is 0. The van der Waals surface area contributed by atoms with Crippen molar-refractivity contribution < 1.29 is 14.3 Å². The molecular weight excluding hydrogens is 221 g/mol. The molecule has 0 spiro atoms. The van der Waals surface area contributed by atoms with Gasteiger partial charge in [0.05, 0.1) is 11.3 Å². The van der Waals surface area contributed by atoms with Crippen molar-refractivity contribution in [3.63, 3.8) is 0 Å². The molecule has 17 heavy (non-hydrogen) atoms. The maximum absolute atomic E-state index is 12.9. The molecule has 0 saturated carbocycles. The Bertz CT molecular complexity index is 564. The molecule has 0 bridgehead atoms. The smallest absolute Gasteiger partial charge is 0.337 e. The van der Waals surface area contributed by atoms with Gasteiger partial charge in [-0.1, -0.05) is 0 Å². The van der Waals surface area contributed by atoms with Gasteiger partial charge in [-0.3, -0.25) is 4.98 Å². The van der Waals surface area contributed by atoms with E-state index in [4.69, 9.17) is 5.11 Å². The average molecular weight is 231 g/mol. The monoisotopic (exact) mass is 231 g/mol. The molecule has 0 saturated heterocycles. The molecule has 3 nitrogen and oxygen atoms in total. The van der Waals surface area contributed by atoms with E-state index in [0.717, 1.165) is 11.1 Å². The lowest BCUT2D eigenvalue weighted by Gasteiger charge is -2.05. The van der Waals surface area contributed by atoms with Crippen molar-refractivity contribution in [3.05, 3.63) is 53.5 Å². The second kappa shape index (κ2) is 4.33. The maximum Gasteiger partial charge on any atom is 0.337 e. The topological polar surface area (TPSA) is 50.2 Å². The Hall–Kier alpha value is -2.23. The van der Waals surface area contributed by atoms with E-state index >= 15 is 0 Å². The Morgan fingerprint density at radius 3 is 2.59 bits per heavy atom. The SMILES string of the molecule is Cc1cc(F)ccc1-c1ccc(C(=O)O)cn1. The van der Waals surface area contributed by atoms with Crippen LogP contribution in [0.15, 0.2) is 36.5 Å². The predicted octanol–water partition coefficient (Wildman–Crippen LogP) is 2.89. The lowest BCUT2D eigenvalue weighted by atomic mass is 10.0. The minimum Gasteiger partial charge on any atom is -0.478 e. The fourth-order valence-corrected chi connectivity index (χ4v) is 1.59. The highest BCUT2D eigenvalue weighted by molar-refractivity contribution is 5.87. The summed E-state index contributed by atoms with van der Waals surface area (Å²) in [7, 11) is 0. The first kappa shape index (κ1) is 11.3. The number of carboxylic acids is 1. The number of hydrogen-bond acceptors (Lipinski definition) is 2. The second-order valence-corrected chi connectivity index (χ2v) is 3.70. The summed E-state index contributed by atoms with van der Waals surface area (Å²) in [5.74, 6) is -1.31. The molecule has 2 aromatic rings. The molecule has 1 aromatic carbocycles. The van der Waals surface area contributed by atoms with E-state index in [-0.39, 0.29) is 11.4 Å². The van der Waals surface area contributed by atoms with Crippen LogP contribution in [0.1, 0.15) is 15.9 Å². The quantitative estimate of drug-likeness (QED) is 0.864. The van der Waals surface area contributed by atoms with E-state index in [2.05, 4.69) is 4.98 Å². The number of hydrogen-bond donors (Lipinski definition) is 1. The highest BCUT2D eigenvalue weighted by Crippen LogP contribution is 2.22. The van der Waals surface area contributed by atoms with Crippen LogP contribution in [-0.2, 0) is 0 Å². The molecule has 0 unspecified atom stereocenters. The van der Waals surface area contributed by atoms with Gasteiger partial charge >= 0.3 is 5.97 Å². The molecule has 0 amide bonds. The number of rotatable bonds is 2. The molecule has 0 atom stereocenters. The highest BCUT2D eigenvalue weighted by atomic mass is 19.1. The molecule has 2 rings (SSSR count). The first-order chi connectivity index (χ1) is 8.08. The van der Waals surface area contributed by atoms with E-state index < -0.39 is 5.97 Å². The minimum atomic E-state index is -1.01. The third-order valence-electron chi connectivity index (χ3n) is 2.47. The van der Waals surface area contributed by atoms with Crippen LogP contribution >= 0.6 is 0 Å². The van der Waals surface area contributed by atoms with Gasteiger partial charge in [0.25, 0.3) is 0 Å². The Kier molecular flexibility index (Phi) is 2.87. The minimum absolute atomic E-state index is 0.133. The first-order valence-electron chi connectivity index (χ1n) is 5.04. The molecule has 4 heteroatoms. The predicted molar refractivity (Wildman–Crippen MR) is 61.3 cm³/mol. The number of pyridine rings is 1. The van der Waals surface area contributed by atoms with E-state index in [1.54, 1.807) is 19.1 Å². The summed E-state index contributed by atoms with van der Waals surface area (Å²) in [5.41, 5.74) is 2.32. The lowest BCUT2D eigenvalue weighted by molar-refractivity contribution is 0.0696. The fraction of sp³-hybridized carbons (Fsp3) is 0.0769. The largest absolute Gasteiger partial charge is 0.478 e. The molecule has 0 radical (unpaired) electrons. The molecule has 1 heterocycles. The molecule has 0 fully saturated rings. The lowest BCUT2D eigenvalue weighted by Crippen LogP contribution is -1.97. The van der Waals surface area contributed by atoms with Gasteiger partial charge in [-0.25, -0.2) is 9.18 Å². The van der Waals surface area contributed by atoms with Gasteiger partial charge in [0.15, 0.2) is 0 Å². The van der Waals surface area contributed by atoms with Crippen LogP contribution in [0.2, 0.25) is 0 Å². The molecule has 0 aliphatic carbocycles. The second-order valence-electron chi connectivity index (χ2n) is 3.70. The van der Waals surface area contributed by atoms with Crippen LogP contribution in [0.4, 0.5) is 4.39 Å². The van der Waals surface area contributed by atoms with Crippen molar-refractivity contribution in [1.82, 2.24) is 4.98 Å². The van der Waals surface area contributed by atoms with E-state index in [9.17, 15) is 9.18 Å². The number of aryl methyl sites for hydroxylation is 1. The van der Waals surface area contributed by atoms with Crippen LogP contribution in [0.5, 0.6) is 0 Å². The maximum atomic E-state index is 12.9. The van der Waals surface area contributed by atoms with Crippen molar-refractivity contribution in [2.75, 3.05) is 0 Å². The fourth-order valence-electron chi connectivity index (χ4n) is 1.59. The normalized spacial score (nSPS) is 10.2. The Morgan fingerprint density at radius 2 is 2.06 bits per heavy atom. The van der Waals surface area contributed by atoms with Crippen molar-refractivity contribution in [2.24, 2.45) is 0 Å². The summed E-state index contributed by atoms with van der Waals surface area (Å²) in [6, 6.07) is 7.50. The standard InChI is InChI=1S/C13H10FNO2/c1-8-6-10(14)3-4-11(8)12-5-2-9(7-15-12)13(16)17/h2-7H,1H3,(H,16,17). The van der Waals surface area contributed by atoms with Gasteiger partial charge in [0.2, 0.25) is 0 Å². The van der Waals surface area contributed by atoms with Gasteiger partial charge in [-0.05, 0) is 42.8 Å². The summed E-state index contributed by atoms with van der Waals surface area (Å²) in [4.78, 5) is 14.7. The summed E-state index contributed by atoms with van der Waals surface area (Å²) < 4.78 is 12.9. The average Bonchev–Trinajstić information content (AvgIpc) is 2.29. The van der Waals surface area contributed by atoms with Gasteiger partial charge < -0.3 is 5.11 Å². The van der Waals surface area contributed by atoms with Crippen molar-refractivity contribution >= 4 is 5.97 Å². The Labute approximate surface area is 97.6 Å². The Morgan fingerprint density at radius 1 is 1.29 bits per heavy atom. The van der Waals surface area contributed by atoms with Crippen LogP contribution in [0.25, 0.3) is 11.3 Å². The zero-order chi connectivity index (χ0) is 12.4. The summed E-state index contributed by atoms with van der Waals surface area (Å²) in [5, 5.41) is 8.75. The summed E-state index contributed by atoms with van der Waals surface area (Å²) in [6.07, 6.45) is 1.29. The number of nitrogens with zero attached hydrogens (tertiary/aromatic N) is 1. The molecule has 1 N–H and O–H groups in total. The van der Waals surface area contributed by atoms with Gasteiger partial charge in [-0.15, -0.1) is 0 Å². The number of benzene rings is 1. The van der Waals surface area contributed by atoms with Crippen LogP contribution in [0.3, 0.4) is 0 Å². The molecular formula is C13H10FNO2. The zero-order valence-corrected chi connectivity index (χ0v) is 9.14. The number of aromatic carboxylic acids is 1. The number of halogens is 1. The zero-order valence-electron chi connectivity index (χ0n) is 9.14. The number of aromatic nitrogens is 1. The molecule has 0 aliphatic heterocycles. The third kappa shape index (κ3) is 2.30. The van der Waals surface area contributed by atoms with Gasteiger partial charge in [-0.2, -0.15) is 0 Å². The van der Waals surface area contributed by atoms with Crippen molar-refractivity contribution in [1.29, 1.82) is 0 Å². The number of carboxylic acid groups (broad SMARTS) is 1. The van der Waals surface area contributed by atoms with Gasteiger partial charge in [0.1, 0.15) is 5.82 Å². The van der Waals surface area contributed by atoms with E-state index in [0.29, 0.717) is 5.69 Å². The van der Waals surface area contributed by atoms with E-state index in [1.165, 1.54) is 24.4 Å². The van der Waals surface area contributed by atoms with Crippen LogP contribution < -0.4 is 0 Å². The van der Waals surface area contributed by atoms with Gasteiger partial charge in [0, 0.05) is 11.8 Å². The molecule has 86 valence electrons. The third-order valence-corrected chi connectivity index (χ3v) is 2.47. The number of carbonyl (C=O) groups is 1. The van der Waals surface area contributed by atoms with Crippen molar-refractivity contribution in [2.45, 2.75) is 6.92 Å². The Balaban J connectivity index is 2.43. The molecule has 0 aliphatic rings. The molecule has 1 aromatic heterocycles.